The summed E-state index contributed by atoms with van der Waals surface area (Å²) >= 11 is 0. The van der Waals surface area contributed by atoms with Crippen LogP contribution in [0.5, 0.6) is 0 Å². The molecule has 0 fully saturated rings. The summed E-state index contributed by atoms with van der Waals surface area (Å²) in [5, 5.41) is 6.75. The lowest BCUT2D eigenvalue weighted by Gasteiger charge is -2.18. The van der Waals surface area contributed by atoms with Gasteiger partial charge in [0.2, 0.25) is 0 Å². The van der Waals surface area contributed by atoms with Gasteiger partial charge in [-0.2, -0.15) is 0 Å². The van der Waals surface area contributed by atoms with Crippen LogP contribution in [0, 0.1) is 6.92 Å². The molecule has 0 aliphatic rings. The lowest BCUT2D eigenvalue weighted by Crippen LogP contribution is -2.38. The van der Waals surface area contributed by atoms with Gasteiger partial charge in [-0.1, -0.05) is 43.7 Å². The van der Waals surface area contributed by atoms with E-state index in [2.05, 4.69) is 72.5 Å². The molecule has 0 saturated carbocycles. The molecule has 4 nitrogen and oxygen atoms in total. The first kappa shape index (κ1) is 19.5. The van der Waals surface area contributed by atoms with E-state index in [4.69, 9.17) is 0 Å². The third-order valence-electron chi connectivity index (χ3n) is 3.97. The molecule has 0 heterocycles. The molecule has 23 heavy (non-hydrogen) atoms. The van der Waals surface area contributed by atoms with Gasteiger partial charge < -0.3 is 15.5 Å². The third-order valence-corrected chi connectivity index (χ3v) is 3.97. The van der Waals surface area contributed by atoms with Crippen molar-refractivity contribution in [1.29, 1.82) is 0 Å². The van der Waals surface area contributed by atoms with Gasteiger partial charge in [-0.3, -0.25) is 0 Å². The van der Waals surface area contributed by atoms with Crippen molar-refractivity contribution in [3.05, 3.63) is 35.4 Å². The van der Waals surface area contributed by atoms with Crippen LogP contribution in [0.2, 0.25) is 0 Å². The highest BCUT2D eigenvalue weighted by Gasteiger charge is 2.00. The highest BCUT2D eigenvalue weighted by molar-refractivity contribution is 5.79. The highest BCUT2D eigenvalue weighted by atomic mass is 15.2. The number of nitrogens with zero attached hydrogens (tertiary/aromatic N) is 2. The molecule has 4 heteroatoms. The Bertz CT molecular complexity index is 435. The van der Waals surface area contributed by atoms with Gasteiger partial charge in [0.1, 0.15) is 0 Å². The Morgan fingerprint density at radius 1 is 1.00 bits per heavy atom. The first-order valence-electron chi connectivity index (χ1n) is 8.99. The van der Waals surface area contributed by atoms with E-state index in [-0.39, 0.29) is 0 Å². The topological polar surface area (TPSA) is 39.7 Å². The molecule has 1 aromatic rings. The summed E-state index contributed by atoms with van der Waals surface area (Å²) in [4.78, 5) is 7.13. The number of guanidine groups is 1. The second-order valence-electron chi connectivity index (χ2n) is 5.84. The highest BCUT2D eigenvalue weighted by Crippen LogP contribution is 2.04. The molecule has 0 bridgehead atoms. The SMILES string of the molecule is CCNC(=NCc1ccc(C)cc1)NCCCCN(CC)CC. The van der Waals surface area contributed by atoms with Crippen molar-refractivity contribution in [2.24, 2.45) is 4.99 Å². The van der Waals surface area contributed by atoms with Crippen molar-refractivity contribution < 1.29 is 0 Å². The van der Waals surface area contributed by atoms with Crippen molar-refractivity contribution in [1.82, 2.24) is 15.5 Å². The van der Waals surface area contributed by atoms with Gasteiger partial charge in [0, 0.05) is 13.1 Å². The van der Waals surface area contributed by atoms with Gasteiger partial charge in [0.15, 0.2) is 5.96 Å². The fourth-order valence-electron chi connectivity index (χ4n) is 2.41. The van der Waals surface area contributed by atoms with E-state index < -0.39 is 0 Å². The van der Waals surface area contributed by atoms with Crippen molar-refractivity contribution in [2.75, 3.05) is 32.7 Å². The zero-order chi connectivity index (χ0) is 16.9. The summed E-state index contributed by atoms with van der Waals surface area (Å²) in [7, 11) is 0. The summed E-state index contributed by atoms with van der Waals surface area (Å²) in [6, 6.07) is 8.57. The van der Waals surface area contributed by atoms with Gasteiger partial charge in [0.25, 0.3) is 0 Å². The van der Waals surface area contributed by atoms with Crippen LogP contribution >= 0.6 is 0 Å². The average Bonchev–Trinajstić information content (AvgIpc) is 2.57. The lowest BCUT2D eigenvalue weighted by atomic mass is 10.1. The Morgan fingerprint density at radius 2 is 1.70 bits per heavy atom. The van der Waals surface area contributed by atoms with Gasteiger partial charge in [-0.15, -0.1) is 0 Å². The van der Waals surface area contributed by atoms with E-state index in [1.165, 1.54) is 30.5 Å². The molecule has 1 aromatic carbocycles. The second-order valence-corrected chi connectivity index (χ2v) is 5.84. The zero-order valence-corrected chi connectivity index (χ0v) is 15.4. The Labute approximate surface area is 142 Å². The van der Waals surface area contributed by atoms with Crippen molar-refractivity contribution in [3.8, 4) is 0 Å². The minimum atomic E-state index is 0.717. The second kappa shape index (κ2) is 11.9. The smallest absolute Gasteiger partial charge is 0.191 e. The fraction of sp³-hybridized carbons (Fsp3) is 0.632. The molecule has 130 valence electrons. The minimum absolute atomic E-state index is 0.717. The number of benzene rings is 1. The maximum Gasteiger partial charge on any atom is 0.191 e. The van der Waals surface area contributed by atoms with Crippen LogP contribution in [0.1, 0.15) is 44.7 Å². The predicted octanol–water partition coefficient (Wildman–Crippen LogP) is 3.17. The average molecular weight is 319 g/mol. The molecule has 0 unspecified atom stereocenters. The van der Waals surface area contributed by atoms with Crippen molar-refractivity contribution in [2.45, 2.75) is 47.1 Å². The Kier molecular flexibility index (Phi) is 10.1. The molecular formula is C19H34N4. The van der Waals surface area contributed by atoms with Gasteiger partial charge in [-0.05, 0) is 51.9 Å². The lowest BCUT2D eigenvalue weighted by molar-refractivity contribution is 0.297. The van der Waals surface area contributed by atoms with E-state index >= 15 is 0 Å². The molecule has 0 aliphatic heterocycles. The Hall–Kier alpha value is -1.55. The van der Waals surface area contributed by atoms with E-state index in [0.717, 1.165) is 38.7 Å². The Balaban J connectivity index is 2.33. The molecule has 1 rings (SSSR count). The molecule has 0 amide bonds. The molecule has 0 atom stereocenters. The number of aryl methyl sites for hydroxylation is 1. The van der Waals surface area contributed by atoms with Gasteiger partial charge >= 0.3 is 0 Å². The maximum atomic E-state index is 4.66. The maximum absolute atomic E-state index is 4.66. The standard InChI is InChI=1S/C19H34N4/c1-5-20-19(21-14-8-9-15-23(6-2)7-3)22-16-18-12-10-17(4)11-13-18/h10-13H,5-9,14-16H2,1-4H3,(H2,20,21,22). The first-order valence-corrected chi connectivity index (χ1v) is 8.99. The van der Waals surface area contributed by atoms with Crippen LogP contribution in [0.3, 0.4) is 0 Å². The third kappa shape index (κ3) is 8.60. The predicted molar refractivity (Wildman–Crippen MR) is 101 cm³/mol. The summed E-state index contributed by atoms with van der Waals surface area (Å²) in [5.41, 5.74) is 2.53. The van der Waals surface area contributed by atoms with E-state index in [1.54, 1.807) is 0 Å². The van der Waals surface area contributed by atoms with Crippen molar-refractivity contribution >= 4 is 5.96 Å². The van der Waals surface area contributed by atoms with E-state index in [1.807, 2.05) is 0 Å². The number of unbranched alkanes of at least 4 members (excludes halogenated alkanes) is 1. The van der Waals surface area contributed by atoms with Crippen LogP contribution < -0.4 is 10.6 Å². The van der Waals surface area contributed by atoms with E-state index in [9.17, 15) is 0 Å². The van der Waals surface area contributed by atoms with Crippen LogP contribution in [-0.4, -0.2) is 43.6 Å². The summed E-state index contributed by atoms with van der Waals surface area (Å²) < 4.78 is 0. The largest absolute Gasteiger partial charge is 0.357 e. The Morgan fingerprint density at radius 3 is 2.30 bits per heavy atom. The quantitative estimate of drug-likeness (QED) is 0.395. The number of hydrogen-bond acceptors (Lipinski definition) is 2. The molecule has 2 N–H and O–H groups in total. The van der Waals surface area contributed by atoms with Gasteiger partial charge in [-0.25, -0.2) is 4.99 Å². The fourth-order valence-corrected chi connectivity index (χ4v) is 2.41. The number of aliphatic imine (C=N–C) groups is 1. The van der Waals surface area contributed by atoms with Crippen LogP contribution in [0.15, 0.2) is 29.3 Å². The molecule has 0 spiro atoms. The molecular weight excluding hydrogens is 284 g/mol. The zero-order valence-electron chi connectivity index (χ0n) is 15.4. The minimum Gasteiger partial charge on any atom is -0.357 e. The molecule has 0 radical (unpaired) electrons. The van der Waals surface area contributed by atoms with Gasteiger partial charge in [0.05, 0.1) is 6.54 Å². The van der Waals surface area contributed by atoms with Crippen molar-refractivity contribution in [3.63, 3.8) is 0 Å². The number of hydrogen-bond donors (Lipinski definition) is 2. The van der Waals surface area contributed by atoms with E-state index in [0.29, 0.717) is 0 Å². The monoisotopic (exact) mass is 318 g/mol. The van der Waals surface area contributed by atoms with Crippen LogP contribution in [0.4, 0.5) is 0 Å². The summed E-state index contributed by atoms with van der Waals surface area (Å²) in [5.74, 6) is 0.913. The normalized spacial score (nSPS) is 11.8. The molecule has 0 saturated heterocycles. The first-order chi connectivity index (χ1) is 11.2. The van der Waals surface area contributed by atoms with Crippen LogP contribution in [-0.2, 0) is 6.54 Å². The summed E-state index contributed by atoms with van der Waals surface area (Å²) in [6.45, 7) is 14.7. The summed E-state index contributed by atoms with van der Waals surface area (Å²) in [6.07, 6.45) is 2.40. The molecule has 0 aromatic heterocycles. The van der Waals surface area contributed by atoms with Crippen LogP contribution in [0.25, 0.3) is 0 Å². The number of nitrogens with one attached hydrogen (secondary N) is 2. The number of rotatable bonds is 10. The molecule has 0 aliphatic carbocycles.